The molecule has 0 aliphatic rings. The third-order valence-electron chi connectivity index (χ3n) is 4.56. The number of benzene rings is 3. The Hall–Kier alpha value is -3.47. The van der Waals surface area contributed by atoms with E-state index in [0.717, 1.165) is 24.3 Å². The average molecular weight is 419 g/mol. The third-order valence-corrected chi connectivity index (χ3v) is 4.56. The normalized spacial score (nSPS) is 10.5. The van der Waals surface area contributed by atoms with Gasteiger partial charge in [0.25, 0.3) is 0 Å². The molecular formula is C26H30N2O3. The fraction of sp³-hybridized carbons (Fsp3) is 0.269. The lowest BCUT2D eigenvalue weighted by Crippen LogP contribution is -2.22. The van der Waals surface area contributed by atoms with E-state index in [1.807, 2.05) is 80.6 Å². The van der Waals surface area contributed by atoms with Crippen LogP contribution in [0.25, 0.3) is 0 Å². The molecule has 5 nitrogen and oxygen atoms in total. The lowest BCUT2D eigenvalue weighted by Gasteiger charge is -2.16. The minimum absolute atomic E-state index is 0.0297. The minimum Gasteiger partial charge on any atom is -0.491 e. The molecule has 0 aliphatic carbocycles. The molecule has 3 aromatic rings. The molecule has 0 saturated carbocycles. The topological polar surface area (TPSA) is 59.6 Å². The van der Waals surface area contributed by atoms with Crippen molar-refractivity contribution in [1.29, 1.82) is 0 Å². The molecule has 0 bridgehead atoms. The van der Waals surface area contributed by atoms with Gasteiger partial charge in [0.1, 0.15) is 11.5 Å². The standard InChI is InChI=1S/C26H30N2O3/c1-20(2)31-25-17-9-7-15-23(25)28-26(29)19-27-22-14-6-8-16-24(22)30-18-10-13-21-11-4-3-5-12-21/h3-9,11-12,14-17,20,27H,10,13,18-19H2,1-2H3,(H,28,29). The van der Waals surface area contributed by atoms with E-state index in [0.29, 0.717) is 18.0 Å². The van der Waals surface area contributed by atoms with Crippen LogP contribution in [0.4, 0.5) is 11.4 Å². The van der Waals surface area contributed by atoms with Crippen molar-refractivity contribution in [3.63, 3.8) is 0 Å². The Labute approximate surface area is 184 Å². The molecule has 31 heavy (non-hydrogen) atoms. The Kier molecular flexibility index (Phi) is 8.35. The summed E-state index contributed by atoms with van der Waals surface area (Å²) >= 11 is 0. The maximum absolute atomic E-state index is 12.5. The molecule has 0 saturated heterocycles. The maximum atomic E-state index is 12.5. The molecule has 0 fully saturated rings. The molecular weight excluding hydrogens is 388 g/mol. The second-order valence-corrected chi connectivity index (χ2v) is 7.50. The van der Waals surface area contributed by atoms with Crippen LogP contribution in [0.1, 0.15) is 25.8 Å². The smallest absolute Gasteiger partial charge is 0.243 e. The van der Waals surface area contributed by atoms with Gasteiger partial charge in [0.15, 0.2) is 0 Å². The van der Waals surface area contributed by atoms with Crippen molar-refractivity contribution in [2.45, 2.75) is 32.8 Å². The highest BCUT2D eigenvalue weighted by molar-refractivity contribution is 5.95. The fourth-order valence-corrected chi connectivity index (χ4v) is 3.14. The number of anilines is 2. The van der Waals surface area contributed by atoms with Crippen LogP contribution in [0.15, 0.2) is 78.9 Å². The van der Waals surface area contributed by atoms with Gasteiger partial charge in [-0.3, -0.25) is 4.79 Å². The molecule has 5 heteroatoms. The Morgan fingerprint density at radius 2 is 1.48 bits per heavy atom. The number of hydrogen-bond donors (Lipinski definition) is 2. The quantitative estimate of drug-likeness (QED) is 0.402. The van der Waals surface area contributed by atoms with Gasteiger partial charge in [-0.1, -0.05) is 54.6 Å². The molecule has 1 amide bonds. The van der Waals surface area contributed by atoms with Crippen LogP contribution in [0.5, 0.6) is 11.5 Å². The summed E-state index contributed by atoms with van der Waals surface area (Å²) in [4.78, 5) is 12.5. The van der Waals surface area contributed by atoms with Gasteiger partial charge in [-0.15, -0.1) is 0 Å². The highest BCUT2D eigenvalue weighted by atomic mass is 16.5. The molecule has 0 atom stereocenters. The van der Waals surface area contributed by atoms with E-state index in [1.165, 1.54) is 5.56 Å². The summed E-state index contributed by atoms with van der Waals surface area (Å²) in [7, 11) is 0. The van der Waals surface area contributed by atoms with Crippen LogP contribution in [0.2, 0.25) is 0 Å². The first-order chi connectivity index (χ1) is 15.1. The van der Waals surface area contributed by atoms with Gasteiger partial charge < -0.3 is 20.1 Å². The van der Waals surface area contributed by atoms with Gasteiger partial charge in [0.05, 0.1) is 30.6 Å². The van der Waals surface area contributed by atoms with Crippen molar-refractivity contribution in [3.05, 3.63) is 84.4 Å². The van der Waals surface area contributed by atoms with E-state index in [1.54, 1.807) is 0 Å². The van der Waals surface area contributed by atoms with Crippen molar-refractivity contribution in [3.8, 4) is 11.5 Å². The Balaban J connectivity index is 1.50. The van der Waals surface area contributed by atoms with Gasteiger partial charge in [0.2, 0.25) is 5.91 Å². The predicted octanol–water partition coefficient (Wildman–Crippen LogP) is 5.54. The zero-order valence-electron chi connectivity index (χ0n) is 18.1. The summed E-state index contributed by atoms with van der Waals surface area (Å²) in [5.41, 5.74) is 2.76. The fourth-order valence-electron chi connectivity index (χ4n) is 3.14. The molecule has 3 rings (SSSR count). The zero-order valence-corrected chi connectivity index (χ0v) is 18.1. The Morgan fingerprint density at radius 3 is 2.23 bits per heavy atom. The van der Waals surface area contributed by atoms with Crippen LogP contribution in [0.3, 0.4) is 0 Å². The minimum atomic E-state index is -0.154. The molecule has 0 radical (unpaired) electrons. The number of hydrogen-bond acceptors (Lipinski definition) is 4. The second kappa shape index (κ2) is 11.6. The summed E-state index contributed by atoms with van der Waals surface area (Å²) in [6.45, 7) is 4.65. The van der Waals surface area contributed by atoms with E-state index < -0.39 is 0 Å². The van der Waals surface area contributed by atoms with E-state index >= 15 is 0 Å². The first-order valence-electron chi connectivity index (χ1n) is 10.7. The lowest BCUT2D eigenvalue weighted by atomic mass is 10.1. The van der Waals surface area contributed by atoms with Gasteiger partial charge in [0, 0.05) is 0 Å². The van der Waals surface area contributed by atoms with Crippen molar-refractivity contribution in [1.82, 2.24) is 0 Å². The van der Waals surface area contributed by atoms with E-state index in [4.69, 9.17) is 9.47 Å². The largest absolute Gasteiger partial charge is 0.491 e. The summed E-state index contributed by atoms with van der Waals surface area (Å²) < 4.78 is 11.7. The molecule has 0 aliphatic heterocycles. The van der Waals surface area contributed by atoms with Crippen LogP contribution >= 0.6 is 0 Å². The number of rotatable bonds is 11. The van der Waals surface area contributed by atoms with Crippen molar-refractivity contribution in [2.75, 3.05) is 23.8 Å². The molecule has 0 unspecified atom stereocenters. The number of carbonyl (C=O) groups excluding carboxylic acids is 1. The number of nitrogens with one attached hydrogen (secondary N) is 2. The lowest BCUT2D eigenvalue weighted by molar-refractivity contribution is -0.114. The zero-order chi connectivity index (χ0) is 21.9. The highest BCUT2D eigenvalue weighted by Gasteiger charge is 2.10. The number of para-hydroxylation sites is 4. The van der Waals surface area contributed by atoms with Crippen molar-refractivity contribution < 1.29 is 14.3 Å². The highest BCUT2D eigenvalue weighted by Crippen LogP contribution is 2.26. The SMILES string of the molecule is CC(C)Oc1ccccc1NC(=O)CNc1ccccc1OCCCc1ccccc1. The molecule has 2 N–H and O–H groups in total. The maximum Gasteiger partial charge on any atom is 0.243 e. The van der Waals surface area contributed by atoms with Gasteiger partial charge in [-0.2, -0.15) is 0 Å². The third kappa shape index (κ3) is 7.37. The van der Waals surface area contributed by atoms with Crippen LogP contribution in [-0.2, 0) is 11.2 Å². The van der Waals surface area contributed by atoms with Crippen molar-refractivity contribution in [2.24, 2.45) is 0 Å². The second-order valence-electron chi connectivity index (χ2n) is 7.50. The molecule has 162 valence electrons. The van der Waals surface area contributed by atoms with E-state index in [-0.39, 0.29) is 18.6 Å². The molecule has 0 spiro atoms. The van der Waals surface area contributed by atoms with Crippen LogP contribution in [0, 0.1) is 0 Å². The first-order valence-corrected chi connectivity index (χ1v) is 10.7. The van der Waals surface area contributed by atoms with E-state index in [2.05, 4.69) is 22.8 Å². The predicted molar refractivity (Wildman–Crippen MR) is 126 cm³/mol. The molecule has 0 aromatic heterocycles. The Morgan fingerprint density at radius 1 is 0.839 bits per heavy atom. The van der Waals surface area contributed by atoms with Gasteiger partial charge in [-0.05, 0) is 56.5 Å². The van der Waals surface area contributed by atoms with E-state index in [9.17, 15) is 4.79 Å². The number of amides is 1. The summed E-state index contributed by atoms with van der Waals surface area (Å²) in [6.07, 6.45) is 1.92. The summed E-state index contributed by atoms with van der Waals surface area (Å²) in [6, 6.07) is 25.5. The number of carbonyl (C=O) groups is 1. The molecule has 0 heterocycles. The summed E-state index contributed by atoms with van der Waals surface area (Å²) in [5, 5.41) is 6.08. The van der Waals surface area contributed by atoms with Gasteiger partial charge >= 0.3 is 0 Å². The van der Waals surface area contributed by atoms with Gasteiger partial charge in [-0.25, -0.2) is 0 Å². The summed E-state index contributed by atoms with van der Waals surface area (Å²) in [5.74, 6) is 1.25. The van der Waals surface area contributed by atoms with Crippen LogP contribution < -0.4 is 20.1 Å². The van der Waals surface area contributed by atoms with Crippen LogP contribution in [-0.4, -0.2) is 25.2 Å². The molecule has 3 aromatic carbocycles. The monoisotopic (exact) mass is 418 g/mol. The first kappa shape index (κ1) is 22.2. The average Bonchev–Trinajstić information content (AvgIpc) is 2.78. The van der Waals surface area contributed by atoms with Crippen molar-refractivity contribution >= 4 is 17.3 Å². The number of aryl methyl sites for hydroxylation is 1. The Bertz CT molecular complexity index is 958. The number of ether oxygens (including phenoxy) is 2.